The van der Waals surface area contributed by atoms with E-state index in [0.29, 0.717) is 23.0 Å². The van der Waals surface area contributed by atoms with Gasteiger partial charge in [-0.2, -0.15) is 0 Å². The van der Waals surface area contributed by atoms with Crippen LogP contribution in [-0.4, -0.2) is 5.88 Å². The molecule has 0 unspecified atom stereocenters. The van der Waals surface area contributed by atoms with Crippen molar-refractivity contribution < 1.29 is 8.81 Å². The summed E-state index contributed by atoms with van der Waals surface area (Å²) in [6, 6.07) is 10.1. The van der Waals surface area contributed by atoms with Crippen LogP contribution in [0.4, 0.5) is 4.39 Å². The highest BCUT2D eigenvalue weighted by Crippen LogP contribution is 2.25. The Morgan fingerprint density at radius 1 is 1.29 bits per heavy atom. The number of allylic oxidation sites excluding steroid dienone is 1. The SMILES string of the molecule is CC(=Cc1ccc(-c2ccccc2F)o1)CCl. The Labute approximate surface area is 105 Å². The van der Waals surface area contributed by atoms with E-state index >= 15 is 0 Å². The number of furan rings is 1. The van der Waals surface area contributed by atoms with E-state index in [1.807, 2.05) is 13.0 Å². The average Bonchev–Trinajstić information content (AvgIpc) is 2.78. The molecule has 0 saturated carbocycles. The lowest BCUT2D eigenvalue weighted by molar-refractivity contribution is 0.560. The van der Waals surface area contributed by atoms with Crippen molar-refractivity contribution in [2.45, 2.75) is 6.92 Å². The predicted molar refractivity (Wildman–Crippen MR) is 68.5 cm³/mol. The minimum absolute atomic E-state index is 0.286. The van der Waals surface area contributed by atoms with Crippen LogP contribution >= 0.6 is 11.6 Å². The van der Waals surface area contributed by atoms with Crippen molar-refractivity contribution >= 4 is 17.7 Å². The highest BCUT2D eigenvalue weighted by molar-refractivity contribution is 6.19. The summed E-state index contributed by atoms with van der Waals surface area (Å²) in [7, 11) is 0. The zero-order valence-corrected chi connectivity index (χ0v) is 10.2. The van der Waals surface area contributed by atoms with Crippen LogP contribution in [0.15, 0.2) is 46.4 Å². The first-order valence-corrected chi connectivity index (χ1v) is 5.82. The van der Waals surface area contributed by atoms with Crippen molar-refractivity contribution in [1.29, 1.82) is 0 Å². The summed E-state index contributed by atoms with van der Waals surface area (Å²) in [5.41, 5.74) is 1.47. The van der Waals surface area contributed by atoms with E-state index < -0.39 is 0 Å². The molecule has 1 heterocycles. The second-order valence-corrected chi connectivity index (χ2v) is 4.07. The third kappa shape index (κ3) is 2.77. The number of hydrogen-bond donors (Lipinski definition) is 0. The summed E-state index contributed by atoms with van der Waals surface area (Å²) in [6.07, 6.45) is 1.84. The van der Waals surface area contributed by atoms with Crippen molar-refractivity contribution in [3.63, 3.8) is 0 Å². The molecular formula is C14H12ClFO. The molecule has 0 aliphatic rings. The summed E-state index contributed by atoms with van der Waals surface area (Å²) < 4.78 is 19.1. The average molecular weight is 251 g/mol. The highest BCUT2D eigenvalue weighted by atomic mass is 35.5. The predicted octanol–water partition coefficient (Wildman–Crippen LogP) is 4.73. The fourth-order valence-electron chi connectivity index (χ4n) is 1.52. The maximum atomic E-state index is 13.5. The zero-order valence-electron chi connectivity index (χ0n) is 9.41. The standard InChI is InChI=1S/C14H12ClFO/c1-10(9-15)8-11-6-7-14(17-11)12-4-2-3-5-13(12)16/h2-8H,9H2,1H3. The first kappa shape index (κ1) is 11.9. The molecule has 0 atom stereocenters. The molecule has 0 amide bonds. The van der Waals surface area contributed by atoms with Crippen LogP contribution in [0, 0.1) is 5.82 Å². The molecular weight excluding hydrogens is 239 g/mol. The molecule has 3 heteroatoms. The minimum Gasteiger partial charge on any atom is -0.457 e. The van der Waals surface area contributed by atoms with Crippen LogP contribution in [0.5, 0.6) is 0 Å². The monoisotopic (exact) mass is 250 g/mol. The lowest BCUT2D eigenvalue weighted by Gasteiger charge is -1.98. The Balaban J connectivity index is 2.34. The summed E-state index contributed by atoms with van der Waals surface area (Å²) in [5, 5.41) is 0. The van der Waals surface area contributed by atoms with Gasteiger partial charge in [-0.1, -0.05) is 17.7 Å². The van der Waals surface area contributed by atoms with Crippen LogP contribution in [0.2, 0.25) is 0 Å². The van der Waals surface area contributed by atoms with Gasteiger partial charge in [-0.15, -0.1) is 11.6 Å². The van der Waals surface area contributed by atoms with Gasteiger partial charge in [0, 0.05) is 5.88 Å². The fraction of sp³-hybridized carbons (Fsp3) is 0.143. The van der Waals surface area contributed by atoms with Crippen molar-refractivity contribution in [3.8, 4) is 11.3 Å². The maximum Gasteiger partial charge on any atom is 0.137 e. The molecule has 2 rings (SSSR count). The molecule has 0 saturated heterocycles. The van der Waals surface area contributed by atoms with Gasteiger partial charge in [0.25, 0.3) is 0 Å². The number of hydrogen-bond acceptors (Lipinski definition) is 1. The van der Waals surface area contributed by atoms with E-state index in [9.17, 15) is 4.39 Å². The van der Waals surface area contributed by atoms with E-state index in [4.69, 9.17) is 16.0 Å². The van der Waals surface area contributed by atoms with Gasteiger partial charge < -0.3 is 4.42 Å². The quantitative estimate of drug-likeness (QED) is 0.718. The first-order chi connectivity index (χ1) is 8.20. The summed E-state index contributed by atoms with van der Waals surface area (Å²) in [5.74, 6) is 1.37. The number of alkyl halides is 1. The van der Waals surface area contributed by atoms with Crippen LogP contribution in [0.3, 0.4) is 0 Å². The van der Waals surface area contributed by atoms with Crippen molar-refractivity contribution in [3.05, 3.63) is 53.5 Å². The number of benzene rings is 1. The fourth-order valence-corrected chi connectivity index (χ4v) is 1.59. The first-order valence-electron chi connectivity index (χ1n) is 5.28. The summed E-state index contributed by atoms with van der Waals surface area (Å²) >= 11 is 5.68. The van der Waals surface area contributed by atoms with E-state index in [1.165, 1.54) is 6.07 Å². The molecule has 1 nitrogen and oxygen atoms in total. The van der Waals surface area contributed by atoms with Gasteiger partial charge in [0.15, 0.2) is 0 Å². The molecule has 0 radical (unpaired) electrons. The molecule has 0 aliphatic carbocycles. The maximum absolute atomic E-state index is 13.5. The minimum atomic E-state index is -0.286. The van der Waals surface area contributed by atoms with Crippen LogP contribution < -0.4 is 0 Å². The second-order valence-electron chi connectivity index (χ2n) is 3.81. The summed E-state index contributed by atoms with van der Waals surface area (Å²) in [4.78, 5) is 0. The molecule has 88 valence electrons. The Morgan fingerprint density at radius 3 is 2.76 bits per heavy atom. The molecule has 1 aromatic carbocycles. The molecule has 0 aliphatic heterocycles. The topological polar surface area (TPSA) is 13.1 Å². The van der Waals surface area contributed by atoms with Gasteiger partial charge in [0.05, 0.1) is 5.56 Å². The van der Waals surface area contributed by atoms with Crippen molar-refractivity contribution in [2.24, 2.45) is 0 Å². The van der Waals surface area contributed by atoms with Crippen molar-refractivity contribution in [2.75, 3.05) is 5.88 Å². The van der Waals surface area contributed by atoms with Gasteiger partial charge in [0.2, 0.25) is 0 Å². The molecule has 1 aromatic heterocycles. The van der Waals surface area contributed by atoms with E-state index in [-0.39, 0.29) is 5.82 Å². The molecule has 0 N–H and O–H groups in total. The molecule has 2 aromatic rings. The van der Waals surface area contributed by atoms with Crippen molar-refractivity contribution in [1.82, 2.24) is 0 Å². The van der Waals surface area contributed by atoms with Gasteiger partial charge in [-0.25, -0.2) is 4.39 Å². The van der Waals surface area contributed by atoms with Crippen LogP contribution in [0.1, 0.15) is 12.7 Å². The molecule has 0 spiro atoms. The summed E-state index contributed by atoms with van der Waals surface area (Å²) in [6.45, 7) is 1.91. The molecule has 17 heavy (non-hydrogen) atoms. The smallest absolute Gasteiger partial charge is 0.137 e. The third-order valence-corrected chi connectivity index (χ3v) is 2.79. The highest BCUT2D eigenvalue weighted by Gasteiger charge is 2.07. The largest absolute Gasteiger partial charge is 0.457 e. The lowest BCUT2D eigenvalue weighted by Crippen LogP contribution is -1.80. The molecule has 0 bridgehead atoms. The lowest BCUT2D eigenvalue weighted by atomic mass is 10.1. The van der Waals surface area contributed by atoms with E-state index in [1.54, 1.807) is 30.3 Å². The van der Waals surface area contributed by atoms with E-state index in [0.717, 1.165) is 5.57 Å². The van der Waals surface area contributed by atoms with Crippen LogP contribution in [-0.2, 0) is 0 Å². The van der Waals surface area contributed by atoms with Crippen LogP contribution in [0.25, 0.3) is 17.4 Å². The Morgan fingerprint density at radius 2 is 2.06 bits per heavy atom. The van der Waals surface area contributed by atoms with Gasteiger partial charge in [-0.3, -0.25) is 0 Å². The number of halogens is 2. The van der Waals surface area contributed by atoms with Gasteiger partial charge >= 0.3 is 0 Å². The number of rotatable bonds is 3. The Hall–Kier alpha value is -1.54. The third-order valence-electron chi connectivity index (χ3n) is 2.37. The zero-order chi connectivity index (χ0) is 12.3. The Bertz CT molecular complexity index is 543. The van der Waals surface area contributed by atoms with Gasteiger partial charge in [0.1, 0.15) is 17.3 Å². The molecule has 0 fully saturated rings. The van der Waals surface area contributed by atoms with E-state index in [2.05, 4.69) is 0 Å². The second kappa shape index (κ2) is 5.19. The van der Waals surface area contributed by atoms with Gasteiger partial charge in [-0.05, 0) is 37.3 Å². The Kier molecular flexibility index (Phi) is 3.64. The normalized spacial score (nSPS) is 11.8.